The second-order valence-corrected chi connectivity index (χ2v) is 5.53. The van der Waals surface area contributed by atoms with Gasteiger partial charge in [0, 0.05) is 6.20 Å². The molecule has 0 aliphatic heterocycles. The van der Waals surface area contributed by atoms with Crippen LogP contribution in [-0.2, 0) is 0 Å². The van der Waals surface area contributed by atoms with Crippen molar-refractivity contribution in [3.63, 3.8) is 0 Å². The molecule has 1 aromatic rings. The van der Waals surface area contributed by atoms with Gasteiger partial charge in [-0.3, -0.25) is 4.98 Å². The van der Waals surface area contributed by atoms with Crippen molar-refractivity contribution in [3.8, 4) is 0 Å². The largest absolute Gasteiger partial charge is 0.308 e. The number of rotatable bonds is 4. The third-order valence-corrected chi connectivity index (χ3v) is 2.84. The van der Waals surface area contributed by atoms with Crippen LogP contribution in [0.5, 0.6) is 0 Å². The van der Waals surface area contributed by atoms with E-state index in [0.29, 0.717) is 0 Å². The van der Waals surface area contributed by atoms with Crippen molar-refractivity contribution in [2.24, 2.45) is 5.41 Å². The summed E-state index contributed by atoms with van der Waals surface area (Å²) in [5.41, 5.74) is 1.05. The highest BCUT2D eigenvalue weighted by Crippen LogP contribution is 2.34. The van der Waals surface area contributed by atoms with E-state index in [-0.39, 0.29) is 11.5 Å². The summed E-state index contributed by atoms with van der Waals surface area (Å²) in [4.78, 5) is 4.40. The Balaban J connectivity index is 2.97. The maximum atomic E-state index is 6.20. The first-order valence-electron chi connectivity index (χ1n) is 5.80. The zero-order valence-corrected chi connectivity index (χ0v) is 11.3. The minimum Gasteiger partial charge on any atom is -0.308 e. The number of nitrogens with one attached hydrogen (secondary N) is 1. The van der Waals surface area contributed by atoms with Gasteiger partial charge in [-0.1, -0.05) is 39.3 Å². The monoisotopic (exact) mass is 240 g/mol. The lowest BCUT2D eigenvalue weighted by molar-refractivity contribution is 0.268. The molecule has 1 rings (SSSR count). The smallest absolute Gasteiger partial charge is 0.0764 e. The van der Waals surface area contributed by atoms with Crippen LogP contribution in [-0.4, -0.2) is 11.5 Å². The number of pyridine rings is 1. The number of aromatic nitrogens is 1. The summed E-state index contributed by atoms with van der Waals surface area (Å²) in [6.45, 7) is 9.74. The summed E-state index contributed by atoms with van der Waals surface area (Å²) in [6.07, 6.45) is 2.91. The van der Waals surface area contributed by atoms with Gasteiger partial charge in [0.1, 0.15) is 0 Å². The quantitative estimate of drug-likeness (QED) is 0.866. The maximum Gasteiger partial charge on any atom is 0.0764 e. The standard InChI is InChI=1S/C13H21ClN2/c1-5-8-16-12(13(2,3)4)11-10(14)7-6-9-15-11/h6-7,9,12,16H,5,8H2,1-4H3. The highest BCUT2D eigenvalue weighted by Gasteiger charge is 2.28. The van der Waals surface area contributed by atoms with Crippen LogP contribution in [0.1, 0.15) is 45.9 Å². The third kappa shape index (κ3) is 3.46. The molecular formula is C13H21ClN2. The SMILES string of the molecule is CCCNC(c1ncccc1Cl)C(C)(C)C. The fourth-order valence-corrected chi connectivity index (χ4v) is 1.94. The molecule has 0 aliphatic carbocycles. The average Bonchev–Trinajstić information content (AvgIpc) is 2.19. The lowest BCUT2D eigenvalue weighted by atomic mass is 9.84. The van der Waals surface area contributed by atoms with Gasteiger partial charge in [0.25, 0.3) is 0 Å². The Kier molecular flexibility index (Phi) is 4.75. The molecule has 0 aliphatic rings. The summed E-state index contributed by atoms with van der Waals surface area (Å²) >= 11 is 6.20. The minimum atomic E-state index is 0.104. The van der Waals surface area contributed by atoms with Crippen LogP contribution in [0.2, 0.25) is 5.02 Å². The van der Waals surface area contributed by atoms with E-state index in [2.05, 4.69) is 38.0 Å². The van der Waals surface area contributed by atoms with Gasteiger partial charge in [-0.25, -0.2) is 0 Å². The van der Waals surface area contributed by atoms with E-state index in [1.165, 1.54) is 0 Å². The van der Waals surface area contributed by atoms with Crippen LogP contribution >= 0.6 is 11.6 Å². The average molecular weight is 241 g/mol. The molecule has 3 heteroatoms. The van der Waals surface area contributed by atoms with E-state index >= 15 is 0 Å². The molecule has 16 heavy (non-hydrogen) atoms. The number of hydrogen-bond acceptors (Lipinski definition) is 2. The Hall–Kier alpha value is -0.600. The first kappa shape index (κ1) is 13.5. The van der Waals surface area contributed by atoms with Crippen LogP contribution in [0.15, 0.2) is 18.3 Å². The van der Waals surface area contributed by atoms with Crippen LogP contribution in [0.4, 0.5) is 0 Å². The molecule has 1 aromatic heterocycles. The van der Waals surface area contributed by atoms with Crippen LogP contribution < -0.4 is 5.32 Å². The Bertz CT molecular complexity index is 331. The molecule has 0 amide bonds. The molecule has 1 N–H and O–H groups in total. The lowest BCUT2D eigenvalue weighted by Gasteiger charge is -2.31. The first-order valence-corrected chi connectivity index (χ1v) is 6.18. The summed E-state index contributed by atoms with van der Waals surface area (Å²) in [6, 6.07) is 3.96. The molecule has 0 aromatic carbocycles. The molecule has 2 nitrogen and oxygen atoms in total. The zero-order chi connectivity index (χ0) is 12.2. The van der Waals surface area contributed by atoms with Crippen LogP contribution in [0.3, 0.4) is 0 Å². The molecular weight excluding hydrogens is 220 g/mol. The molecule has 0 bridgehead atoms. The van der Waals surface area contributed by atoms with E-state index < -0.39 is 0 Å². The number of hydrogen-bond donors (Lipinski definition) is 1. The fraction of sp³-hybridized carbons (Fsp3) is 0.615. The van der Waals surface area contributed by atoms with E-state index in [0.717, 1.165) is 23.7 Å². The van der Waals surface area contributed by atoms with Crippen molar-refractivity contribution in [3.05, 3.63) is 29.0 Å². The Morgan fingerprint density at radius 3 is 2.62 bits per heavy atom. The minimum absolute atomic E-state index is 0.104. The van der Waals surface area contributed by atoms with E-state index in [1.54, 1.807) is 6.20 Å². The van der Waals surface area contributed by atoms with Gasteiger partial charge in [0.15, 0.2) is 0 Å². The number of halogens is 1. The molecule has 1 atom stereocenters. The molecule has 1 unspecified atom stereocenters. The lowest BCUT2D eigenvalue weighted by Crippen LogP contribution is -2.33. The maximum absolute atomic E-state index is 6.20. The molecule has 0 spiro atoms. The van der Waals surface area contributed by atoms with Crippen molar-refractivity contribution in [2.45, 2.75) is 40.2 Å². The summed E-state index contributed by atoms with van der Waals surface area (Å²) in [7, 11) is 0. The van der Waals surface area contributed by atoms with Crippen LogP contribution in [0, 0.1) is 5.41 Å². The summed E-state index contributed by atoms with van der Waals surface area (Å²) < 4.78 is 0. The summed E-state index contributed by atoms with van der Waals surface area (Å²) in [5, 5.41) is 4.26. The normalized spacial score (nSPS) is 13.8. The van der Waals surface area contributed by atoms with Gasteiger partial charge >= 0.3 is 0 Å². The zero-order valence-electron chi connectivity index (χ0n) is 10.5. The van der Waals surface area contributed by atoms with Crippen molar-refractivity contribution < 1.29 is 0 Å². The van der Waals surface area contributed by atoms with Crippen molar-refractivity contribution in [1.29, 1.82) is 0 Å². The molecule has 0 saturated heterocycles. The first-order chi connectivity index (χ1) is 7.46. The second-order valence-electron chi connectivity index (χ2n) is 5.12. The predicted octanol–water partition coefficient (Wildman–Crippen LogP) is 3.82. The summed E-state index contributed by atoms with van der Waals surface area (Å²) in [5.74, 6) is 0. The van der Waals surface area contributed by atoms with E-state index in [4.69, 9.17) is 11.6 Å². The molecule has 0 saturated carbocycles. The van der Waals surface area contributed by atoms with Gasteiger partial charge in [-0.05, 0) is 30.5 Å². The fourth-order valence-electron chi connectivity index (χ4n) is 1.71. The second kappa shape index (κ2) is 5.65. The van der Waals surface area contributed by atoms with E-state index in [9.17, 15) is 0 Å². The Labute approximate surface area is 103 Å². The Morgan fingerprint density at radius 1 is 1.44 bits per heavy atom. The van der Waals surface area contributed by atoms with Crippen LogP contribution in [0.25, 0.3) is 0 Å². The van der Waals surface area contributed by atoms with Crippen molar-refractivity contribution >= 4 is 11.6 Å². The third-order valence-electron chi connectivity index (χ3n) is 2.52. The Morgan fingerprint density at radius 2 is 2.12 bits per heavy atom. The van der Waals surface area contributed by atoms with Crippen molar-refractivity contribution in [1.82, 2.24) is 10.3 Å². The van der Waals surface area contributed by atoms with Gasteiger partial charge in [-0.2, -0.15) is 0 Å². The van der Waals surface area contributed by atoms with Crippen molar-refractivity contribution in [2.75, 3.05) is 6.54 Å². The molecule has 0 fully saturated rings. The van der Waals surface area contributed by atoms with Gasteiger partial charge in [0.05, 0.1) is 16.8 Å². The predicted molar refractivity (Wildman–Crippen MR) is 69.7 cm³/mol. The van der Waals surface area contributed by atoms with Gasteiger partial charge in [0.2, 0.25) is 0 Å². The molecule has 1 heterocycles. The van der Waals surface area contributed by atoms with Gasteiger partial charge in [-0.15, -0.1) is 0 Å². The highest BCUT2D eigenvalue weighted by atomic mass is 35.5. The molecule has 90 valence electrons. The highest BCUT2D eigenvalue weighted by molar-refractivity contribution is 6.31. The number of nitrogens with zero attached hydrogens (tertiary/aromatic N) is 1. The topological polar surface area (TPSA) is 24.9 Å². The van der Waals surface area contributed by atoms with Gasteiger partial charge < -0.3 is 5.32 Å². The molecule has 0 radical (unpaired) electrons. The van der Waals surface area contributed by atoms with E-state index in [1.807, 2.05) is 12.1 Å².